The Bertz CT molecular complexity index is 310. The van der Waals surface area contributed by atoms with Gasteiger partial charge in [0.05, 0.1) is 6.04 Å². The number of fused-ring (bicyclic) bond motifs is 1. The molecule has 0 saturated carbocycles. The summed E-state index contributed by atoms with van der Waals surface area (Å²) in [4.78, 5) is 14.6. The fourth-order valence-corrected chi connectivity index (χ4v) is 2.90. The first-order valence-electron chi connectivity index (χ1n) is 7.19. The van der Waals surface area contributed by atoms with Crippen LogP contribution >= 0.6 is 12.4 Å². The van der Waals surface area contributed by atoms with Crippen LogP contribution in [0.25, 0.3) is 0 Å². The van der Waals surface area contributed by atoms with Crippen molar-refractivity contribution in [3.8, 4) is 0 Å². The van der Waals surface area contributed by atoms with E-state index in [0.717, 1.165) is 44.4 Å². The fourth-order valence-electron chi connectivity index (χ4n) is 2.90. The summed E-state index contributed by atoms with van der Waals surface area (Å²) in [6.07, 6.45) is 0.959. The summed E-state index contributed by atoms with van der Waals surface area (Å²) >= 11 is 0. The molecule has 2 N–H and O–H groups in total. The van der Waals surface area contributed by atoms with Crippen LogP contribution < -0.4 is 10.6 Å². The van der Waals surface area contributed by atoms with Gasteiger partial charge in [-0.05, 0) is 52.1 Å². The molecule has 2 fully saturated rings. The molecule has 112 valence electrons. The first-order chi connectivity index (χ1) is 8.43. The second kappa shape index (κ2) is 6.42. The number of nitrogens with one attached hydrogen (secondary N) is 2. The van der Waals surface area contributed by atoms with Gasteiger partial charge in [0, 0.05) is 18.6 Å². The Morgan fingerprint density at radius 3 is 2.37 bits per heavy atom. The van der Waals surface area contributed by atoms with Gasteiger partial charge in [-0.2, -0.15) is 0 Å². The normalized spacial score (nSPS) is 28.6. The van der Waals surface area contributed by atoms with Gasteiger partial charge in [0.2, 0.25) is 5.91 Å². The number of hydrogen-bond acceptors (Lipinski definition) is 3. The molecule has 19 heavy (non-hydrogen) atoms. The third-order valence-corrected chi connectivity index (χ3v) is 4.69. The Kier molecular flexibility index (Phi) is 5.65. The molecule has 0 spiro atoms. The maximum Gasteiger partial charge on any atom is 0.237 e. The van der Waals surface area contributed by atoms with Gasteiger partial charge in [-0.1, -0.05) is 6.92 Å². The van der Waals surface area contributed by atoms with Gasteiger partial charge in [0.1, 0.15) is 0 Å². The van der Waals surface area contributed by atoms with Crippen LogP contribution in [-0.4, -0.2) is 48.6 Å². The lowest BCUT2D eigenvalue weighted by Crippen LogP contribution is -2.51. The predicted molar refractivity (Wildman–Crippen MR) is 80.6 cm³/mol. The van der Waals surface area contributed by atoms with Gasteiger partial charge >= 0.3 is 0 Å². The van der Waals surface area contributed by atoms with Crippen LogP contribution in [0.15, 0.2) is 0 Å². The molecule has 2 saturated heterocycles. The fraction of sp³-hybridized carbons (Fsp3) is 0.929. The molecule has 1 amide bonds. The molecule has 0 radical (unpaired) electrons. The molecule has 2 aliphatic rings. The summed E-state index contributed by atoms with van der Waals surface area (Å²) in [6.45, 7) is 12.7. The van der Waals surface area contributed by atoms with Crippen LogP contribution in [0.2, 0.25) is 0 Å². The summed E-state index contributed by atoms with van der Waals surface area (Å²) < 4.78 is 0. The van der Waals surface area contributed by atoms with Crippen molar-refractivity contribution in [3.63, 3.8) is 0 Å². The number of hydrogen-bond donors (Lipinski definition) is 2. The second-order valence-electron chi connectivity index (χ2n) is 6.53. The molecule has 3 atom stereocenters. The lowest BCUT2D eigenvalue weighted by molar-refractivity contribution is -0.127. The third kappa shape index (κ3) is 3.83. The summed E-state index contributed by atoms with van der Waals surface area (Å²) in [5.41, 5.74) is -0.0947. The summed E-state index contributed by atoms with van der Waals surface area (Å²) in [5.74, 6) is 1.67. The second-order valence-corrected chi connectivity index (χ2v) is 6.53. The number of halogens is 1. The number of carbonyl (C=O) groups excluding carboxylic acids is 1. The van der Waals surface area contributed by atoms with Crippen molar-refractivity contribution < 1.29 is 4.79 Å². The highest BCUT2D eigenvalue weighted by Crippen LogP contribution is 2.27. The monoisotopic (exact) mass is 289 g/mol. The van der Waals surface area contributed by atoms with E-state index in [2.05, 4.69) is 36.3 Å². The number of likely N-dealkylation sites (tertiary alicyclic amines) is 1. The first kappa shape index (κ1) is 16.7. The number of rotatable bonds is 4. The minimum Gasteiger partial charge on any atom is -0.350 e. The van der Waals surface area contributed by atoms with Crippen molar-refractivity contribution in [1.82, 2.24) is 15.5 Å². The van der Waals surface area contributed by atoms with E-state index in [4.69, 9.17) is 0 Å². The molecule has 2 rings (SSSR count). The zero-order chi connectivity index (χ0) is 13.3. The van der Waals surface area contributed by atoms with E-state index >= 15 is 0 Å². The minimum atomic E-state index is -0.0947. The standard InChI is InChI=1S/C14H27N3O.ClH/c1-5-14(3,4)16-13(18)10(2)17-8-11-6-15-7-12(11)9-17;/h10-12,15H,5-9H2,1-4H3,(H,16,18);1H/t10?,11-,12+;. The molecule has 2 aliphatic heterocycles. The molecule has 5 heteroatoms. The van der Waals surface area contributed by atoms with E-state index in [9.17, 15) is 4.79 Å². The minimum absolute atomic E-state index is 0. The van der Waals surface area contributed by atoms with Gasteiger partial charge in [-0.15, -0.1) is 12.4 Å². The first-order valence-corrected chi connectivity index (χ1v) is 7.19. The van der Waals surface area contributed by atoms with Crippen molar-refractivity contribution in [3.05, 3.63) is 0 Å². The lowest BCUT2D eigenvalue weighted by Gasteiger charge is -2.30. The van der Waals surface area contributed by atoms with Crippen LogP contribution in [0.5, 0.6) is 0 Å². The van der Waals surface area contributed by atoms with Crippen molar-refractivity contribution in [2.24, 2.45) is 11.8 Å². The Balaban J connectivity index is 0.00000180. The maximum absolute atomic E-state index is 12.3. The maximum atomic E-state index is 12.3. The van der Waals surface area contributed by atoms with Crippen LogP contribution in [0.3, 0.4) is 0 Å². The highest BCUT2D eigenvalue weighted by atomic mass is 35.5. The number of nitrogens with zero attached hydrogens (tertiary/aromatic N) is 1. The van der Waals surface area contributed by atoms with Gasteiger partial charge in [0.25, 0.3) is 0 Å². The molecule has 0 aromatic carbocycles. The van der Waals surface area contributed by atoms with E-state index in [-0.39, 0.29) is 29.9 Å². The van der Waals surface area contributed by atoms with Crippen molar-refractivity contribution >= 4 is 18.3 Å². The summed E-state index contributed by atoms with van der Waals surface area (Å²) in [5, 5.41) is 6.59. The van der Waals surface area contributed by atoms with Crippen molar-refractivity contribution in [1.29, 1.82) is 0 Å². The zero-order valence-electron chi connectivity index (χ0n) is 12.5. The lowest BCUT2D eigenvalue weighted by atomic mass is 10.0. The predicted octanol–water partition coefficient (Wildman–Crippen LogP) is 1.25. The van der Waals surface area contributed by atoms with Crippen molar-refractivity contribution in [2.45, 2.75) is 45.7 Å². The Labute approximate surface area is 123 Å². The van der Waals surface area contributed by atoms with Gasteiger partial charge in [-0.3, -0.25) is 9.69 Å². The van der Waals surface area contributed by atoms with Crippen LogP contribution in [0, 0.1) is 11.8 Å². The molecule has 0 aromatic rings. The van der Waals surface area contributed by atoms with Crippen LogP contribution in [-0.2, 0) is 4.79 Å². The smallest absolute Gasteiger partial charge is 0.237 e. The average molecular weight is 290 g/mol. The Hall–Kier alpha value is -0.320. The number of amides is 1. The summed E-state index contributed by atoms with van der Waals surface area (Å²) in [7, 11) is 0. The molecule has 4 nitrogen and oxygen atoms in total. The van der Waals surface area contributed by atoms with Crippen LogP contribution in [0.4, 0.5) is 0 Å². The summed E-state index contributed by atoms with van der Waals surface area (Å²) in [6, 6.07) is 0.00132. The Morgan fingerprint density at radius 1 is 1.37 bits per heavy atom. The zero-order valence-corrected chi connectivity index (χ0v) is 13.3. The third-order valence-electron chi connectivity index (χ3n) is 4.69. The largest absolute Gasteiger partial charge is 0.350 e. The topological polar surface area (TPSA) is 44.4 Å². The quantitative estimate of drug-likeness (QED) is 0.819. The van der Waals surface area contributed by atoms with E-state index in [1.807, 2.05) is 6.92 Å². The van der Waals surface area contributed by atoms with Crippen LogP contribution in [0.1, 0.15) is 34.1 Å². The van der Waals surface area contributed by atoms with Gasteiger partial charge in [0.15, 0.2) is 0 Å². The SMILES string of the molecule is CCC(C)(C)NC(=O)C(C)N1C[C@H]2CNC[C@H]2C1.Cl. The molecular weight excluding hydrogens is 262 g/mol. The Morgan fingerprint density at radius 2 is 1.89 bits per heavy atom. The number of carbonyl (C=O) groups is 1. The molecular formula is C14H28ClN3O. The van der Waals surface area contributed by atoms with E-state index in [1.54, 1.807) is 0 Å². The molecule has 0 bridgehead atoms. The molecule has 0 aromatic heterocycles. The highest BCUT2D eigenvalue weighted by Gasteiger charge is 2.39. The van der Waals surface area contributed by atoms with E-state index in [1.165, 1.54) is 0 Å². The molecule has 0 aliphatic carbocycles. The van der Waals surface area contributed by atoms with E-state index < -0.39 is 0 Å². The molecule has 2 heterocycles. The van der Waals surface area contributed by atoms with Crippen molar-refractivity contribution in [2.75, 3.05) is 26.2 Å². The highest BCUT2D eigenvalue weighted by molar-refractivity contribution is 5.85. The van der Waals surface area contributed by atoms with Gasteiger partial charge in [-0.25, -0.2) is 0 Å². The van der Waals surface area contributed by atoms with Gasteiger partial charge < -0.3 is 10.6 Å². The van der Waals surface area contributed by atoms with E-state index in [0.29, 0.717) is 0 Å². The molecule has 1 unspecified atom stereocenters. The average Bonchev–Trinajstić information content (AvgIpc) is 2.87.